The molecule has 0 unspecified atom stereocenters. The summed E-state index contributed by atoms with van der Waals surface area (Å²) in [4.78, 5) is 0. The highest BCUT2D eigenvalue weighted by atomic mass is 35.5. The van der Waals surface area contributed by atoms with E-state index < -0.39 is 0 Å². The predicted octanol–water partition coefficient (Wildman–Crippen LogP) is 2.18. The fourth-order valence-corrected chi connectivity index (χ4v) is 1.08. The standard InChI is InChI=1S/C10H10ClNO2/c1-13-10-6-8(7-12)2-3-9(10)14-5-4-11/h2-3,6H,4-5H2,1H3. The molecule has 0 N–H and O–H groups in total. The first kappa shape index (κ1) is 10.7. The maximum absolute atomic E-state index is 8.66. The van der Waals surface area contributed by atoms with Gasteiger partial charge in [0.1, 0.15) is 6.61 Å². The smallest absolute Gasteiger partial charge is 0.162 e. The Morgan fingerprint density at radius 2 is 2.21 bits per heavy atom. The van der Waals surface area contributed by atoms with Crippen LogP contribution in [0, 0.1) is 11.3 Å². The van der Waals surface area contributed by atoms with E-state index in [-0.39, 0.29) is 0 Å². The highest BCUT2D eigenvalue weighted by Crippen LogP contribution is 2.27. The Morgan fingerprint density at radius 1 is 1.43 bits per heavy atom. The molecule has 0 aromatic heterocycles. The van der Waals surface area contributed by atoms with Crippen LogP contribution < -0.4 is 9.47 Å². The Balaban J connectivity index is 2.89. The highest BCUT2D eigenvalue weighted by molar-refractivity contribution is 6.18. The lowest BCUT2D eigenvalue weighted by Gasteiger charge is -2.09. The van der Waals surface area contributed by atoms with Crippen molar-refractivity contribution in [3.8, 4) is 17.6 Å². The Kier molecular flexibility index (Phi) is 4.09. The number of nitrogens with zero attached hydrogens (tertiary/aromatic N) is 1. The number of alkyl halides is 1. The normalized spacial score (nSPS) is 9.21. The second kappa shape index (κ2) is 5.36. The second-order valence-electron chi connectivity index (χ2n) is 2.51. The van der Waals surface area contributed by atoms with Crippen LogP contribution in [0.25, 0.3) is 0 Å². The Labute approximate surface area is 87.8 Å². The van der Waals surface area contributed by atoms with Crippen LogP contribution >= 0.6 is 11.6 Å². The van der Waals surface area contributed by atoms with Crippen molar-refractivity contribution >= 4 is 11.6 Å². The molecular weight excluding hydrogens is 202 g/mol. The lowest BCUT2D eigenvalue weighted by atomic mass is 10.2. The number of hydrogen-bond acceptors (Lipinski definition) is 3. The van der Waals surface area contributed by atoms with E-state index in [0.717, 1.165) is 0 Å². The fraction of sp³-hybridized carbons (Fsp3) is 0.300. The molecule has 0 aliphatic heterocycles. The second-order valence-corrected chi connectivity index (χ2v) is 2.89. The van der Waals surface area contributed by atoms with E-state index in [1.165, 1.54) is 7.11 Å². The first-order valence-electron chi connectivity index (χ1n) is 4.08. The third-order valence-electron chi connectivity index (χ3n) is 1.63. The van der Waals surface area contributed by atoms with Gasteiger partial charge in [-0.3, -0.25) is 0 Å². The van der Waals surface area contributed by atoms with Crippen LogP contribution in [0.1, 0.15) is 5.56 Å². The average Bonchev–Trinajstić information content (AvgIpc) is 2.26. The van der Waals surface area contributed by atoms with Gasteiger partial charge < -0.3 is 9.47 Å². The molecule has 0 bridgehead atoms. The number of rotatable bonds is 4. The zero-order valence-corrected chi connectivity index (χ0v) is 8.54. The van der Waals surface area contributed by atoms with Crippen molar-refractivity contribution in [2.75, 3.05) is 19.6 Å². The minimum absolute atomic E-state index is 0.420. The van der Waals surface area contributed by atoms with Crippen LogP contribution in [-0.4, -0.2) is 19.6 Å². The molecule has 0 spiro atoms. The van der Waals surface area contributed by atoms with Crippen molar-refractivity contribution in [3.63, 3.8) is 0 Å². The first-order valence-corrected chi connectivity index (χ1v) is 4.62. The van der Waals surface area contributed by atoms with Crippen molar-refractivity contribution in [1.29, 1.82) is 5.26 Å². The van der Waals surface area contributed by atoms with Gasteiger partial charge in [0, 0.05) is 6.07 Å². The number of ether oxygens (including phenoxy) is 2. The molecule has 0 fully saturated rings. The number of benzene rings is 1. The lowest BCUT2D eigenvalue weighted by molar-refractivity contribution is 0.312. The maximum Gasteiger partial charge on any atom is 0.162 e. The van der Waals surface area contributed by atoms with Gasteiger partial charge in [-0.15, -0.1) is 11.6 Å². The molecule has 0 aliphatic rings. The van der Waals surface area contributed by atoms with E-state index in [9.17, 15) is 0 Å². The van der Waals surface area contributed by atoms with E-state index >= 15 is 0 Å². The predicted molar refractivity (Wildman–Crippen MR) is 53.9 cm³/mol. The molecule has 0 radical (unpaired) electrons. The quantitative estimate of drug-likeness (QED) is 0.717. The minimum atomic E-state index is 0.420. The summed E-state index contributed by atoms with van der Waals surface area (Å²) in [7, 11) is 1.53. The maximum atomic E-state index is 8.66. The number of methoxy groups -OCH3 is 1. The summed E-state index contributed by atoms with van der Waals surface area (Å²) in [5.74, 6) is 1.57. The molecule has 4 heteroatoms. The third kappa shape index (κ3) is 2.54. The lowest BCUT2D eigenvalue weighted by Crippen LogP contribution is -2.00. The summed E-state index contributed by atoms with van der Waals surface area (Å²) in [5, 5.41) is 8.66. The molecule has 1 rings (SSSR count). The topological polar surface area (TPSA) is 42.2 Å². The van der Waals surface area contributed by atoms with Crippen molar-refractivity contribution in [1.82, 2.24) is 0 Å². The molecule has 0 aliphatic carbocycles. The molecular formula is C10H10ClNO2. The number of hydrogen-bond donors (Lipinski definition) is 0. The van der Waals surface area contributed by atoms with Crippen LogP contribution in [0.3, 0.4) is 0 Å². The van der Waals surface area contributed by atoms with Gasteiger partial charge in [-0.25, -0.2) is 0 Å². The van der Waals surface area contributed by atoms with Gasteiger partial charge in [-0.1, -0.05) is 0 Å². The first-order chi connectivity index (χ1) is 6.81. The van der Waals surface area contributed by atoms with Gasteiger partial charge in [-0.05, 0) is 12.1 Å². The summed E-state index contributed by atoms with van der Waals surface area (Å²) in [5.41, 5.74) is 0.542. The van der Waals surface area contributed by atoms with Crippen LogP contribution in [-0.2, 0) is 0 Å². The van der Waals surface area contributed by atoms with E-state index in [4.69, 9.17) is 26.3 Å². The van der Waals surface area contributed by atoms with Crippen molar-refractivity contribution in [3.05, 3.63) is 23.8 Å². The molecule has 3 nitrogen and oxygen atoms in total. The molecule has 1 aromatic carbocycles. The highest BCUT2D eigenvalue weighted by Gasteiger charge is 2.04. The largest absolute Gasteiger partial charge is 0.493 e. The van der Waals surface area contributed by atoms with Crippen LogP contribution in [0.5, 0.6) is 11.5 Å². The monoisotopic (exact) mass is 211 g/mol. The van der Waals surface area contributed by atoms with Crippen molar-refractivity contribution < 1.29 is 9.47 Å². The molecule has 0 atom stereocenters. The van der Waals surface area contributed by atoms with Crippen molar-refractivity contribution in [2.24, 2.45) is 0 Å². The molecule has 0 saturated heterocycles. The zero-order chi connectivity index (χ0) is 10.4. The summed E-state index contributed by atoms with van der Waals surface area (Å²) >= 11 is 5.49. The van der Waals surface area contributed by atoms with Gasteiger partial charge in [0.05, 0.1) is 24.6 Å². The van der Waals surface area contributed by atoms with E-state index in [1.54, 1.807) is 18.2 Å². The Bertz CT molecular complexity index is 346. The SMILES string of the molecule is COc1cc(C#N)ccc1OCCCl. The molecule has 14 heavy (non-hydrogen) atoms. The van der Waals surface area contributed by atoms with Gasteiger partial charge in [0.25, 0.3) is 0 Å². The van der Waals surface area contributed by atoms with Crippen LogP contribution in [0.4, 0.5) is 0 Å². The van der Waals surface area contributed by atoms with Gasteiger partial charge in [-0.2, -0.15) is 5.26 Å². The molecule has 0 saturated carbocycles. The van der Waals surface area contributed by atoms with E-state index in [2.05, 4.69) is 0 Å². The molecule has 0 heterocycles. The number of nitriles is 1. The minimum Gasteiger partial charge on any atom is -0.493 e. The third-order valence-corrected chi connectivity index (χ3v) is 1.78. The fourth-order valence-electron chi connectivity index (χ4n) is 1.00. The van der Waals surface area contributed by atoms with E-state index in [0.29, 0.717) is 29.5 Å². The summed E-state index contributed by atoms with van der Waals surface area (Å²) in [6.45, 7) is 0.420. The Morgan fingerprint density at radius 3 is 2.79 bits per heavy atom. The summed E-state index contributed by atoms with van der Waals surface area (Å²) < 4.78 is 10.4. The summed E-state index contributed by atoms with van der Waals surface area (Å²) in [6, 6.07) is 7.02. The van der Waals surface area contributed by atoms with Crippen molar-refractivity contribution in [2.45, 2.75) is 0 Å². The van der Waals surface area contributed by atoms with Crippen LogP contribution in [0.15, 0.2) is 18.2 Å². The number of halogens is 1. The molecule has 74 valence electrons. The van der Waals surface area contributed by atoms with Gasteiger partial charge in [0.2, 0.25) is 0 Å². The summed E-state index contributed by atoms with van der Waals surface area (Å²) in [6.07, 6.45) is 0. The Hall–Kier alpha value is -1.40. The molecule has 0 amide bonds. The van der Waals surface area contributed by atoms with Gasteiger partial charge in [0.15, 0.2) is 11.5 Å². The average molecular weight is 212 g/mol. The zero-order valence-electron chi connectivity index (χ0n) is 7.79. The van der Waals surface area contributed by atoms with Gasteiger partial charge >= 0.3 is 0 Å². The van der Waals surface area contributed by atoms with E-state index in [1.807, 2.05) is 6.07 Å². The molecule has 1 aromatic rings. The van der Waals surface area contributed by atoms with Crippen LogP contribution in [0.2, 0.25) is 0 Å².